The van der Waals surface area contributed by atoms with Crippen molar-refractivity contribution in [2.24, 2.45) is 10.9 Å². The SMILES string of the molecule is N/C(=N/O)c1ccncc1N1CCn2ccnc2C1. The summed E-state index contributed by atoms with van der Waals surface area (Å²) in [6, 6.07) is 1.74. The Hall–Kier alpha value is -2.57. The van der Waals surface area contributed by atoms with E-state index in [4.69, 9.17) is 10.9 Å². The first kappa shape index (κ1) is 11.5. The van der Waals surface area contributed by atoms with E-state index in [1.165, 1.54) is 0 Å². The van der Waals surface area contributed by atoms with Crippen LogP contribution in [0.3, 0.4) is 0 Å². The highest BCUT2D eigenvalue weighted by Crippen LogP contribution is 2.23. The highest BCUT2D eigenvalue weighted by molar-refractivity contribution is 6.02. The van der Waals surface area contributed by atoms with Crippen molar-refractivity contribution in [1.82, 2.24) is 14.5 Å². The molecule has 0 saturated carbocycles. The van der Waals surface area contributed by atoms with Crippen LogP contribution in [0.1, 0.15) is 11.4 Å². The number of amidine groups is 1. The molecule has 0 aromatic carbocycles. The molecule has 3 heterocycles. The largest absolute Gasteiger partial charge is 0.409 e. The van der Waals surface area contributed by atoms with Crippen LogP contribution in [0.25, 0.3) is 0 Å². The number of nitrogens with two attached hydrogens (primary N) is 1. The molecule has 1 aliphatic rings. The van der Waals surface area contributed by atoms with Gasteiger partial charge in [0.2, 0.25) is 0 Å². The van der Waals surface area contributed by atoms with Crippen molar-refractivity contribution in [1.29, 1.82) is 0 Å². The van der Waals surface area contributed by atoms with Gasteiger partial charge in [-0.1, -0.05) is 5.16 Å². The van der Waals surface area contributed by atoms with Crippen LogP contribution in [-0.4, -0.2) is 32.1 Å². The maximum atomic E-state index is 8.84. The van der Waals surface area contributed by atoms with Crippen molar-refractivity contribution < 1.29 is 5.21 Å². The Labute approximate surface area is 110 Å². The lowest BCUT2D eigenvalue weighted by Gasteiger charge is -2.30. The number of nitrogens with zero attached hydrogens (tertiary/aromatic N) is 5. The van der Waals surface area contributed by atoms with Gasteiger partial charge in [0.05, 0.1) is 18.4 Å². The van der Waals surface area contributed by atoms with Gasteiger partial charge >= 0.3 is 0 Å². The van der Waals surface area contributed by atoms with Crippen molar-refractivity contribution in [3.63, 3.8) is 0 Å². The Balaban J connectivity index is 1.96. The third kappa shape index (κ3) is 1.99. The molecule has 2 aromatic rings. The van der Waals surface area contributed by atoms with Gasteiger partial charge in [0.1, 0.15) is 5.82 Å². The molecule has 3 rings (SSSR count). The maximum absolute atomic E-state index is 8.84. The molecule has 0 radical (unpaired) electrons. The van der Waals surface area contributed by atoms with E-state index in [9.17, 15) is 0 Å². The summed E-state index contributed by atoms with van der Waals surface area (Å²) >= 11 is 0. The maximum Gasteiger partial charge on any atom is 0.172 e. The summed E-state index contributed by atoms with van der Waals surface area (Å²) in [6.07, 6.45) is 7.13. The fraction of sp³-hybridized carbons (Fsp3) is 0.250. The molecule has 1 aliphatic heterocycles. The van der Waals surface area contributed by atoms with Gasteiger partial charge in [-0.25, -0.2) is 4.98 Å². The number of hydrogen-bond acceptors (Lipinski definition) is 5. The lowest BCUT2D eigenvalue weighted by atomic mass is 10.1. The minimum atomic E-state index is 0.0892. The van der Waals surface area contributed by atoms with Crippen LogP contribution < -0.4 is 10.6 Å². The quantitative estimate of drug-likeness (QED) is 0.352. The average molecular weight is 258 g/mol. The van der Waals surface area contributed by atoms with Gasteiger partial charge in [0.25, 0.3) is 0 Å². The standard InChI is InChI=1S/C12H14N6O/c13-12(16-19)9-1-2-14-7-10(9)18-6-5-17-4-3-15-11(17)8-18/h1-4,7,19H,5-6,8H2,(H2,13,16). The van der Waals surface area contributed by atoms with Crippen LogP contribution in [0.15, 0.2) is 36.0 Å². The third-order valence-electron chi connectivity index (χ3n) is 3.27. The zero-order valence-electron chi connectivity index (χ0n) is 10.3. The first-order valence-corrected chi connectivity index (χ1v) is 5.96. The van der Waals surface area contributed by atoms with Gasteiger partial charge in [-0.15, -0.1) is 0 Å². The summed E-state index contributed by atoms with van der Waals surface area (Å²) < 4.78 is 2.12. The molecule has 0 atom stereocenters. The monoisotopic (exact) mass is 258 g/mol. The topological polar surface area (TPSA) is 92.6 Å². The van der Waals surface area contributed by atoms with Crippen molar-refractivity contribution in [2.45, 2.75) is 13.1 Å². The number of rotatable bonds is 2. The van der Waals surface area contributed by atoms with Crippen molar-refractivity contribution in [3.05, 3.63) is 42.2 Å². The first-order valence-electron chi connectivity index (χ1n) is 5.96. The van der Waals surface area contributed by atoms with Gasteiger partial charge in [-0.3, -0.25) is 4.98 Å². The number of fused-ring (bicyclic) bond motifs is 1. The van der Waals surface area contributed by atoms with Gasteiger partial charge < -0.3 is 20.4 Å². The summed E-state index contributed by atoms with van der Waals surface area (Å²) in [6.45, 7) is 2.38. The second-order valence-electron chi connectivity index (χ2n) is 4.34. The Bertz CT molecular complexity index is 620. The predicted molar refractivity (Wildman–Crippen MR) is 70.0 cm³/mol. The Morgan fingerprint density at radius 3 is 3.11 bits per heavy atom. The summed E-state index contributed by atoms with van der Waals surface area (Å²) in [5.41, 5.74) is 7.23. The fourth-order valence-corrected chi connectivity index (χ4v) is 2.29. The summed E-state index contributed by atoms with van der Waals surface area (Å²) in [7, 11) is 0. The van der Waals surface area contributed by atoms with E-state index in [-0.39, 0.29) is 5.84 Å². The number of oxime groups is 1. The van der Waals surface area contributed by atoms with Gasteiger partial charge in [0, 0.05) is 37.2 Å². The van der Waals surface area contributed by atoms with Gasteiger partial charge in [0.15, 0.2) is 5.84 Å². The zero-order chi connectivity index (χ0) is 13.2. The van der Waals surface area contributed by atoms with Crippen molar-refractivity contribution in [2.75, 3.05) is 11.4 Å². The molecule has 0 spiro atoms. The fourth-order valence-electron chi connectivity index (χ4n) is 2.29. The molecule has 2 aromatic heterocycles. The van der Waals surface area contributed by atoms with Crippen molar-refractivity contribution >= 4 is 11.5 Å². The molecule has 0 fully saturated rings. The Morgan fingerprint density at radius 1 is 1.37 bits per heavy atom. The molecule has 0 amide bonds. The average Bonchev–Trinajstić information content (AvgIpc) is 2.93. The Morgan fingerprint density at radius 2 is 2.26 bits per heavy atom. The minimum absolute atomic E-state index is 0.0892. The molecule has 0 bridgehead atoms. The highest BCUT2D eigenvalue weighted by atomic mass is 16.4. The van der Waals surface area contributed by atoms with E-state index < -0.39 is 0 Å². The van der Waals surface area contributed by atoms with Crippen molar-refractivity contribution in [3.8, 4) is 0 Å². The molecule has 98 valence electrons. The smallest absolute Gasteiger partial charge is 0.172 e. The first-order chi connectivity index (χ1) is 9.29. The van der Waals surface area contributed by atoms with Crippen LogP contribution in [0.4, 0.5) is 5.69 Å². The number of aromatic nitrogens is 3. The number of pyridine rings is 1. The van der Waals surface area contributed by atoms with Crippen LogP contribution in [-0.2, 0) is 13.1 Å². The summed E-state index contributed by atoms with van der Waals surface area (Å²) in [5, 5.41) is 11.9. The summed E-state index contributed by atoms with van der Waals surface area (Å²) in [4.78, 5) is 10.6. The number of anilines is 1. The lowest BCUT2D eigenvalue weighted by Crippen LogP contribution is -2.35. The van der Waals surface area contributed by atoms with Gasteiger partial charge in [-0.05, 0) is 6.07 Å². The molecule has 7 heteroatoms. The van der Waals surface area contributed by atoms with Crippen LogP contribution >= 0.6 is 0 Å². The molecular formula is C12H14N6O. The molecular weight excluding hydrogens is 244 g/mol. The molecule has 0 saturated heterocycles. The number of hydrogen-bond donors (Lipinski definition) is 2. The second-order valence-corrected chi connectivity index (χ2v) is 4.34. The Kier molecular flexibility index (Phi) is 2.79. The van der Waals surface area contributed by atoms with Crippen LogP contribution in [0, 0.1) is 0 Å². The number of imidazole rings is 1. The zero-order valence-corrected chi connectivity index (χ0v) is 10.3. The minimum Gasteiger partial charge on any atom is -0.409 e. The lowest BCUT2D eigenvalue weighted by molar-refractivity contribution is 0.318. The molecule has 3 N–H and O–H groups in total. The van der Waals surface area contributed by atoms with E-state index in [1.54, 1.807) is 24.7 Å². The summed E-state index contributed by atoms with van der Waals surface area (Å²) in [5.74, 6) is 1.09. The van der Waals surface area contributed by atoms with Gasteiger partial charge in [-0.2, -0.15) is 0 Å². The van der Waals surface area contributed by atoms with Crippen LogP contribution in [0.5, 0.6) is 0 Å². The predicted octanol–water partition coefficient (Wildman–Crippen LogP) is 0.393. The van der Waals surface area contributed by atoms with E-state index >= 15 is 0 Å². The van der Waals surface area contributed by atoms with E-state index in [0.717, 1.165) is 24.6 Å². The van der Waals surface area contributed by atoms with E-state index in [1.807, 2.05) is 6.20 Å². The molecule has 0 unspecified atom stereocenters. The third-order valence-corrected chi connectivity index (χ3v) is 3.27. The van der Waals surface area contributed by atoms with Crippen LogP contribution in [0.2, 0.25) is 0 Å². The second kappa shape index (κ2) is 4.60. The highest BCUT2D eigenvalue weighted by Gasteiger charge is 2.20. The normalized spacial score (nSPS) is 15.4. The van der Waals surface area contributed by atoms with E-state index in [2.05, 4.69) is 24.6 Å². The van der Waals surface area contributed by atoms with E-state index in [0.29, 0.717) is 12.1 Å². The molecule has 19 heavy (non-hydrogen) atoms. The molecule has 0 aliphatic carbocycles. The molecule has 7 nitrogen and oxygen atoms in total.